The number of rotatable bonds is 51. The number of carbonyl (C=O) groups is 4. The summed E-state index contributed by atoms with van der Waals surface area (Å²) in [6, 6.07) is 0. The number of unbranched alkanes of at least 4 members (excludes halogenated alkanes) is 27. The van der Waals surface area contributed by atoms with Gasteiger partial charge in [0, 0.05) is 25.4 Å². The number of hydrogen-bond donors (Lipinski definition) is 2. The Bertz CT molecular complexity index is 1110. The zero-order valence-corrected chi connectivity index (χ0v) is 45.7. The monoisotopic (exact) mass is 965 g/mol. The summed E-state index contributed by atoms with van der Waals surface area (Å²) in [6.07, 6.45) is 43.9. The number of carbonyl (C=O) groups excluding carboxylic acids is 4. The summed E-state index contributed by atoms with van der Waals surface area (Å²) in [6.45, 7) is 14.4. The fourth-order valence-electron chi connectivity index (χ4n) is 8.89. The van der Waals surface area contributed by atoms with Crippen molar-refractivity contribution in [2.75, 3.05) is 26.3 Å². The molecule has 0 aliphatic carbocycles. The van der Waals surface area contributed by atoms with Crippen LogP contribution in [0.25, 0.3) is 0 Å². The van der Waals surface area contributed by atoms with Crippen LogP contribution in [0.1, 0.15) is 298 Å². The van der Waals surface area contributed by atoms with E-state index in [0.717, 1.165) is 122 Å². The van der Waals surface area contributed by atoms with Gasteiger partial charge in [-0.05, 0) is 83.5 Å². The molecular formula is C58H112N2O8. The summed E-state index contributed by atoms with van der Waals surface area (Å²) in [5.74, 6) is -0.218. The first-order chi connectivity index (χ1) is 33.2. The Labute approximate surface area is 420 Å². The molecule has 0 rings (SSSR count). The Morgan fingerprint density at radius 2 is 0.706 bits per heavy atom. The van der Waals surface area contributed by atoms with Gasteiger partial charge in [-0.3, -0.25) is 9.59 Å². The number of nitrogens with one attached hydrogen (secondary N) is 2. The molecular weight excluding hydrogens is 853 g/mol. The Morgan fingerprint density at radius 3 is 1.09 bits per heavy atom. The summed E-state index contributed by atoms with van der Waals surface area (Å²) < 4.78 is 22.9. The van der Waals surface area contributed by atoms with Crippen LogP contribution in [0.4, 0.5) is 9.59 Å². The largest absolute Gasteiger partial charge is 0.462 e. The molecule has 0 fully saturated rings. The van der Waals surface area contributed by atoms with Crippen LogP contribution in [0.15, 0.2) is 0 Å². The van der Waals surface area contributed by atoms with Crippen molar-refractivity contribution in [2.45, 2.75) is 311 Å². The first-order valence-corrected chi connectivity index (χ1v) is 29.4. The first kappa shape index (κ1) is 65.5. The number of ether oxygens (including phenoxy) is 4. The lowest BCUT2D eigenvalue weighted by molar-refractivity contribution is -0.155. The van der Waals surface area contributed by atoms with Gasteiger partial charge in [0.05, 0.1) is 19.1 Å². The van der Waals surface area contributed by atoms with E-state index in [0.29, 0.717) is 19.5 Å². The van der Waals surface area contributed by atoms with Crippen molar-refractivity contribution in [3.05, 3.63) is 0 Å². The molecule has 0 bridgehead atoms. The number of hydrogen-bond acceptors (Lipinski definition) is 8. The maximum Gasteiger partial charge on any atom is 0.407 e. The number of esters is 2. The molecule has 0 saturated heterocycles. The lowest BCUT2D eigenvalue weighted by Gasteiger charge is -2.22. The highest BCUT2D eigenvalue weighted by molar-refractivity contribution is 5.72. The minimum Gasteiger partial charge on any atom is -0.462 e. The highest BCUT2D eigenvalue weighted by Gasteiger charge is 2.22. The molecule has 0 radical (unpaired) electrons. The summed E-state index contributed by atoms with van der Waals surface area (Å²) >= 11 is 0. The predicted octanol–water partition coefficient (Wildman–Crippen LogP) is 17.2. The molecule has 68 heavy (non-hydrogen) atoms. The molecule has 0 aliphatic heterocycles. The Hall–Kier alpha value is -2.52. The van der Waals surface area contributed by atoms with Crippen LogP contribution in [-0.4, -0.2) is 62.6 Å². The molecule has 0 spiro atoms. The van der Waals surface area contributed by atoms with Crippen molar-refractivity contribution in [2.24, 2.45) is 11.8 Å². The van der Waals surface area contributed by atoms with Crippen LogP contribution in [0.3, 0.4) is 0 Å². The second kappa shape index (κ2) is 50.9. The van der Waals surface area contributed by atoms with E-state index in [1.54, 1.807) is 0 Å². The molecule has 2 unspecified atom stereocenters. The molecule has 10 nitrogen and oxygen atoms in total. The maximum absolute atomic E-state index is 13.2. The average Bonchev–Trinajstić information content (AvgIpc) is 3.33. The zero-order chi connectivity index (χ0) is 50.0. The van der Waals surface area contributed by atoms with Crippen molar-refractivity contribution >= 4 is 24.1 Å². The summed E-state index contributed by atoms with van der Waals surface area (Å²) in [5.41, 5.74) is 0. The molecule has 0 aromatic heterocycles. The second-order valence-electron chi connectivity index (χ2n) is 20.4. The topological polar surface area (TPSA) is 129 Å². The van der Waals surface area contributed by atoms with Gasteiger partial charge in [0.15, 0.2) is 0 Å². The Morgan fingerprint density at radius 1 is 0.382 bits per heavy atom. The molecule has 0 aromatic carbocycles. The summed E-state index contributed by atoms with van der Waals surface area (Å²) in [7, 11) is 0. The van der Waals surface area contributed by atoms with Gasteiger partial charge < -0.3 is 29.6 Å². The Kier molecular flexibility index (Phi) is 49.0. The van der Waals surface area contributed by atoms with Crippen LogP contribution in [-0.2, 0) is 28.5 Å². The lowest BCUT2D eigenvalue weighted by Crippen LogP contribution is -2.30. The van der Waals surface area contributed by atoms with E-state index in [-0.39, 0.29) is 49.2 Å². The zero-order valence-electron chi connectivity index (χ0n) is 45.7. The fraction of sp³-hybridized carbons (Fsp3) is 0.931. The van der Waals surface area contributed by atoms with Gasteiger partial charge in [0.25, 0.3) is 0 Å². The van der Waals surface area contributed by atoms with Crippen molar-refractivity contribution in [1.29, 1.82) is 0 Å². The highest BCUT2D eigenvalue weighted by Crippen LogP contribution is 2.23. The Balaban J connectivity index is 4.12. The van der Waals surface area contributed by atoms with Crippen molar-refractivity contribution in [1.82, 2.24) is 10.6 Å². The third-order valence-electron chi connectivity index (χ3n) is 13.5. The van der Waals surface area contributed by atoms with Gasteiger partial charge in [0.1, 0.15) is 12.2 Å². The number of amides is 2. The van der Waals surface area contributed by atoms with Gasteiger partial charge in [-0.15, -0.1) is 0 Å². The predicted molar refractivity (Wildman–Crippen MR) is 284 cm³/mol. The molecule has 2 amide bonds. The first-order valence-electron chi connectivity index (χ1n) is 29.4. The van der Waals surface area contributed by atoms with Crippen molar-refractivity contribution < 1.29 is 38.1 Å². The lowest BCUT2D eigenvalue weighted by atomic mass is 9.97. The van der Waals surface area contributed by atoms with Gasteiger partial charge in [-0.1, -0.05) is 208 Å². The minimum atomic E-state index is -0.459. The van der Waals surface area contributed by atoms with E-state index in [4.69, 9.17) is 18.9 Å². The molecule has 2 N–H and O–H groups in total. The van der Waals surface area contributed by atoms with Crippen molar-refractivity contribution in [3.63, 3.8) is 0 Å². The SMILES string of the molecule is CCCCCCCCC(CCCCCCCC)OC(=O)CCCCCCCNC(=O)OCC(C)COC(=O)NCCCCCCC(CC)C(=O)OC(CCCCCCCC)CCCCCCCC. The van der Waals surface area contributed by atoms with Crippen LogP contribution in [0.5, 0.6) is 0 Å². The minimum absolute atomic E-state index is 0.00557. The smallest absolute Gasteiger partial charge is 0.407 e. The molecule has 0 aromatic rings. The van der Waals surface area contributed by atoms with E-state index in [1.807, 2.05) is 6.92 Å². The van der Waals surface area contributed by atoms with Gasteiger partial charge in [-0.25, -0.2) is 9.59 Å². The highest BCUT2D eigenvalue weighted by atomic mass is 16.6. The average molecular weight is 966 g/mol. The van der Waals surface area contributed by atoms with Crippen molar-refractivity contribution in [3.8, 4) is 0 Å². The molecule has 0 heterocycles. The molecule has 402 valence electrons. The standard InChI is InChI=1S/C58H112N2O8/c1-7-12-16-20-25-34-42-53(43-35-26-21-17-13-8-2)67-55(61)46-38-29-24-31-39-47-59-57(63)65-49-51(6)50-66-58(64)60-48-40-32-30-33-41-52(11-5)56(62)68-54(44-36-27-22-18-14-9-3)45-37-28-23-19-15-10-4/h51-54H,7-50H2,1-6H3,(H,59,63)(H,60,64). The molecule has 2 atom stereocenters. The molecule has 10 heteroatoms. The van der Waals surface area contributed by atoms with Gasteiger partial charge >= 0.3 is 24.1 Å². The second-order valence-corrected chi connectivity index (χ2v) is 20.4. The summed E-state index contributed by atoms with van der Waals surface area (Å²) in [5, 5.41) is 5.64. The van der Waals surface area contributed by atoms with E-state index in [1.165, 1.54) is 128 Å². The van der Waals surface area contributed by atoms with Gasteiger partial charge in [-0.2, -0.15) is 0 Å². The van der Waals surface area contributed by atoms with E-state index in [2.05, 4.69) is 45.3 Å². The maximum atomic E-state index is 13.2. The quantitative estimate of drug-likeness (QED) is 0.0350. The van der Waals surface area contributed by atoms with E-state index < -0.39 is 12.2 Å². The third kappa shape index (κ3) is 44.7. The number of alkyl carbamates (subject to hydrolysis) is 2. The third-order valence-corrected chi connectivity index (χ3v) is 13.5. The van der Waals surface area contributed by atoms with E-state index in [9.17, 15) is 19.2 Å². The van der Waals surface area contributed by atoms with E-state index >= 15 is 0 Å². The van der Waals surface area contributed by atoms with Gasteiger partial charge in [0.2, 0.25) is 0 Å². The normalized spacial score (nSPS) is 12.3. The van der Waals surface area contributed by atoms with Crippen LogP contribution in [0.2, 0.25) is 0 Å². The molecule has 0 aliphatic rings. The van der Waals surface area contributed by atoms with Crippen LogP contribution < -0.4 is 10.6 Å². The van der Waals surface area contributed by atoms with Crippen LogP contribution in [0, 0.1) is 11.8 Å². The van der Waals surface area contributed by atoms with Crippen LogP contribution >= 0.6 is 0 Å². The molecule has 0 saturated carbocycles. The summed E-state index contributed by atoms with van der Waals surface area (Å²) in [4.78, 5) is 50.4. The fourth-order valence-corrected chi connectivity index (χ4v) is 8.89.